The van der Waals surface area contributed by atoms with E-state index in [1.807, 2.05) is 23.2 Å². The predicted molar refractivity (Wildman–Crippen MR) is 104 cm³/mol. The Hall–Kier alpha value is -3.08. The average molecular weight is 378 g/mol. The molecule has 2 aromatic heterocycles. The van der Waals surface area contributed by atoms with Crippen molar-refractivity contribution < 1.29 is 9.59 Å². The summed E-state index contributed by atoms with van der Waals surface area (Å²) in [5, 5.41) is 9.77. The number of piperazine rings is 1. The van der Waals surface area contributed by atoms with Gasteiger partial charge in [0.2, 0.25) is 12.3 Å². The van der Waals surface area contributed by atoms with E-state index in [1.54, 1.807) is 4.90 Å². The third kappa shape index (κ3) is 2.70. The Morgan fingerprint density at radius 2 is 2.25 bits per heavy atom. The monoisotopic (exact) mass is 378 g/mol. The molecule has 2 amide bonds. The number of carbonyl (C=O) groups is 2. The number of H-pyrrole nitrogens is 1. The van der Waals surface area contributed by atoms with Crippen LogP contribution in [0.1, 0.15) is 32.1 Å². The van der Waals surface area contributed by atoms with Gasteiger partial charge in [-0.15, -0.1) is 0 Å². The third-order valence-electron chi connectivity index (χ3n) is 6.13. The number of aromatic nitrogens is 2. The minimum Gasteiger partial charge on any atom is -0.364 e. The van der Waals surface area contributed by atoms with Gasteiger partial charge in [-0.2, -0.15) is 5.26 Å². The molecule has 8 nitrogen and oxygen atoms in total. The molecule has 1 aliphatic carbocycles. The van der Waals surface area contributed by atoms with Gasteiger partial charge in [-0.25, -0.2) is 4.98 Å². The van der Waals surface area contributed by atoms with Gasteiger partial charge in [-0.1, -0.05) is 0 Å². The summed E-state index contributed by atoms with van der Waals surface area (Å²) in [7, 11) is 0. The van der Waals surface area contributed by atoms with Crippen molar-refractivity contribution in [3.63, 3.8) is 0 Å². The first-order valence-corrected chi connectivity index (χ1v) is 9.84. The second kappa shape index (κ2) is 6.51. The molecule has 8 heteroatoms. The van der Waals surface area contributed by atoms with Gasteiger partial charge < -0.3 is 14.8 Å². The third-order valence-corrected chi connectivity index (χ3v) is 6.13. The van der Waals surface area contributed by atoms with Gasteiger partial charge in [0.25, 0.3) is 0 Å². The van der Waals surface area contributed by atoms with Crippen molar-refractivity contribution in [2.45, 2.75) is 50.2 Å². The summed E-state index contributed by atoms with van der Waals surface area (Å²) in [6, 6.07) is 6.80. The Labute approximate surface area is 162 Å². The van der Waals surface area contributed by atoms with E-state index in [4.69, 9.17) is 5.26 Å². The maximum Gasteiger partial charge on any atom is 0.223 e. The zero-order chi connectivity index (χ0) is 19.3. The second-order valence-corrected chi connectivity index (χ2v) is 7.88. The van der Waals surface area contributed by atoms with Crippen LogP contribution in [0.3, 0.4) is 0 Å². The van der Waals surface area contributed by atoms with E-state index in [2.05, 4.69) is 20.9 Å². The standard InChI is InChI=1S/C20H22N6O2/c21-6-1-2-19(28)25-11-14-8-15(25)10-24(14)17-9-18(26(12-27)13-3-4-13)23-20-16(17)5-7-22-20/h5,7,9,12-15H,1-4,8,10-11H2,(H,22,23)/t14-,15-/m0/s1. The van der Waals surface area contributed by atoms with Crippen LogP contribution in [0.15, 0.2) is 18.3 Å². The lowest BCUT2D eigenvalue weighted by atomic mass is 10.2. The number of amides is 2. The quantitative estimate of drug-likeness (QED) is 0.773. The zero-order valence-electron chi connectivity index (χ0n) is 15.5. The Kier molecular flexibility index (Phi) is 3.97. The molecule has 2 atom stereocenters. The Bertz CT molecular complexity index is 975. The number of hydrogen-bond acceptors (Lipinski definition) is 5. The minimum absolute atomic E-state index is 0.0803. The Morgan fingerprint density at radius 1 is 1.39 bits per heavy atom. The Morgan fingerprint density at radius 3 is 2.93 bits per heavy atom. The maximum absolute atomic E-state index is 12.4. The number of nitriles is 1. The predicted octanol–water partition coefficient (Wildman–Crippen LogP) is 1.78. The summed E-state index contributed by atoms with van der Waals surface area (Å²) < 4.78 is 0. The van der Waals surface area contributed by atoms with E-state index in [-0.39, 0.29) is 30.5 Å². The number of carbonyl (C=O) groups excluding carboxylic acids is 2. The van der Waals surface area contributed by atoms with Gasteiger partial charge in [0.05, 0.1) is 17.8 Å². The maximum atomic E-state index is 12.4. The SMILES string of the molecule is N#CCCC(=O)N1C[C@@H]2C[C@H]1CN2c1cc(N(C=O)C2CC2)nc2[nH]ccc12. The average Bonchev–Trinajstić information content (AvgIpc) is 3.12. The molecule has 2 aliphatic heterocycles. The number of rotatable bonds is 6. The lowest BCUT2D eigenvalue weighted by Gasteiger charge is -2.36. The molecule has 0 spiro atoms. The van der Waals surface area contributed by atoms with Crippen molar-refractivity contribution in [1.29, 1.82) is 5.26 Å². The van der Waals surface area contributed by atoms with Crippen molar-refractivity contribution in [3.8, 4) is 6.07 Å². The highest BCUT2D eigenvalue weighted by atomic mass is 16.2. The molecular formula is C20H22N6O2. The van der Waals surface area contributed by atoms with Crippen LogP contribution in [-0.2, 0) is 9.59 Å². The van der Waals surface area contributed by atoms with Crippen LogP contribution in [0.2, 0.25) is 0 Å². The smallest absolute Gasteiger partial charge is 0.223 e. The van der Waals surface area contributed by atoms with Crippen LogP contribution in [0.4, 0.5) is 11.5 Å². The van der Waals surface area contributed by atoms with E-state index in [1.165, 1.54) is 0 Å². The number of aromatic amines is 1. The van der Waals surface area contributed by atoms with Crippen molar-refractivity contribution in [3.05, 3.63) is 18.3 Å². The summed E-state index contributed by atoms with van der Waals surface area (Å²) in [4.78, 5) is 37.9. The summed E-state index contributed by atoms with van der Waals surface area (Å²) in [5.41, 5.74) is 1.86. The van der Waals surface area contributed by atoms with Crippen molar-refractivity contribution in [2.75, 3.05) is 22.9 Å². The number of nitrogens with zero attached hydrogens (tertiary/aromatic N) is 5. The minimum atomic E-state index is 0.0803. The van der Waals surface area contributed by atoms with Crippen molar-refractivity contribution in [1.82, 2.24) is 14.9 Å². The molecule has 1 N–H and O–H groups in total. The normalized spacial score (nSPS) is 23.2. The van der Waals surface area contributed by atoms with Crippen LogP contribution in [0, 0.1) is 11.3 Å². The van der Waals surface area contributed by atoms with Gasteiger partial charge in [-0.3, -0.25) is 14.5 Å². The summed E-state index contributed by atoms with van der Waals surface area (Å²) in [5.74, 6) is 0.768. The van der Waals surface area contributed by atoms with Gasteiger partial charge in [0, 0.05) is 55.7 Å². The lowest BCUT2D eigenvalue weighted by Crippen LogP contribution is -2.48. The van der Waals surface area contributed by atoms with E-state index in [0.29, 0.717) is 18.8 Å². The first-order valence-electron chi connectivity index (χ1n) is 9.84. The molecule has 0 unspecified atom stereocenters. The number of nitrogens with one attached hydrogen (secondary N) is 1. The summed E-state index contributed by atoms with van der Waals surface area (Å²) in [6.45, 7) is 1.47. The van der Waals surface area contributed by atoms with E-state index in [9.17, 15) is 9.59 Å². The highest BCUT2D eigenvalue weighted by Gasteiger charge is 2.45. The van der Waals surface area contributed by atoms with Crippen LogP contribution in [-0.4, -0.2) is 58.4 Å². The van der Waals surface area contributed by atoms with Gasteiger partial charge in [0.1, 0.15) is 11.5 Å². The second-order valence-electron chi connectivity index (χ2n) is 7.88. The molecule has 144 valence electrons. The number of pyridine rings is 1. The molecule has 4 heterocycles. The molecule has 1 saturated carbocycles. The number of fused-ring (bicyclic) bond motifs is 3. The fourth-order valence-corrected chi connectivity index (χ4v) is 4.63. The van der Waals surface area contributed by atoms with Gasteiger partial charge >= 0.3 is 0 Å². The van der Waals surface area contributed by atoms with Crippen LogP contribution >= 0.6 is 0 Å². The number of anilines is 2. The van der Waals surface area contributed by atoms with Gasteiger partial charge in [0.15, 0.2) is 0 Å². The number of likely N-dealkylation sites (tertiary alicyclic amines) is 1. The highest BCUT2D eigenvalue weighted by molar-refractivity contribution is 5.94. The molecular weight excluding hydrogens is 356 g/mol. The highest BCUT2D eigenvalue weighted by Crippen LogP contribution is 2.40. The topological polar surface area (TPSA) is 96.3 Å². The van der Waals surface area contributed by atoms with E-state index < -0.39 is 0 Å². The van der Waals surface area contributed by atoms with Crippen molar-refractivity contribution in [2.24, 2.45) is 0 Å². The molecule has 5 rings (SSSR count). The molecule has 2 bridgehead atoms. The van der Waals surface area contributed by atoms with Crippen LogP contribution in [0.5, 0.6) is 0 Å². The van der Waals surface area contributed by atoms with Crippen LogP contribution < -0.4 is 9.80 Å². The van der Waals surface area contributed by atoms with Crippen LogP contribution in [0.25, 0.3) is 11.0 Å². The van der Waals surface area contributed by atoms with Crippen molar-refractivity contribution >= 4 is 34.9 Å². The largest absolute Gasteiger partial charge is 0.364 e. The summed E-state index contributed by atoms with van der Waals surface area (Å²) in [6.07, 6.45) is 6.32. The van der Waals surface area contributed by atoms with E-state index >= 15 is 0 Å². The fraction of sp³-hybridized carbons (Fsp3) is 0.500. The molecule has 28 heavy (non-hydrogen) atoms. The van der Waals surface area contributed by atoms with E-state index in [0.717, 1.165) is 48.9 Å². The fourth-order valence-electron chi connectivity index (χ4n) is 4.63. The molecule has 3 aliphatic rings. The summed E-state index contributed by atoms with van der Waals surface area (Å²) >= 11 is 0. The molecule has 2 saturated heterocycles. The molecule has 0 radical (unpaired) electrons. The molecule has 2 aromatic rings. The number of hydrogen-bond donors (Lipinski definition) is 1. The lowest BCUT2D eigenvalue weighted by molar-refractivity contribution is -0.132. The molecule has 3 fully saturated rings. The first-order chi connectivity index (χ1) is 13.7. The first kappa shape index (κ1) is 17.0. The Balaban J connectivity index is 1.43. The van der Waals surface area contributed by atoms with Gasteiger partial charge in [-0.05, 0) is 25.3 Å². The zero-order valence-corrected chi connectivity index (χ0v) is 15.5. The molecule has 0 aromatic carbocycles.